The van der Waals surface area contributed by atoms with E-state index in [0.29, 0.717) is 5.88 Å². The van der Waals surface area contributed by atoms with Crippen LogP contribution in [0.15, 0.2) is 36.8 Å². The first-order valence-electron chi connectivity index (χ1n) is 6.49. The van der Waals surface area contributed by atoms with Crippen LogP contribution in [0.1, 0.15) is 32.4 Å². The Morgan fingerprint density at radius 2 is 2.15 bits per heavy atom. The third-order valence-electron chi connectivity index (χ3n) is 2.67. The number of amides is 1. The minimum Gasteiger partial charge on any atom is -0.475 e. The molecule has 0 aliphatic rings. The smallest absolute Gasteiger partial charge is 0.342 e. The molecule has 0 spiro atoms. The fraction of sp³-hybridized carbons (Fsp3) is 0.357. The number of pyridine rings is 1. The maximum absolute atomic E-state index is 11.8. The van der Waals surface area contributed by atoms with Crippen molar-refractivity contribution in [1.82, 2.24) is 20.1 Å². The highest BCUT2D eigenvalue weighted by molar-refractivity contribution is 5.75. The standard InChI is InChI=1S/C14H18N4O2/c1-10(2)20-13-6-5-12(9-15-13)11(3)17-14(19)18-8-4-7-16-18/h4-11H,1-3H3,(H,17,19). The molecule has 2 heterocycles. The van der Waals surface area contributed by atoms with Crippen molar-refractivity contribution in [2.45, 2.75) is 32.9 Å². The van der Waals surface area contributed by atoms with Crippen molar-refractivity contribution in [2.75, 3.05) is 0 Å². The van der Waals surface area contributed by atoms with Crippen LogP contribution in [-0.2, 0) is 0 Å². The van der Waals surface area contributed by atoms with Crippen LogP contribution in [-0.4, -0.2) is 26.9 Å². The number of aromatic nitrogens is 3. The summed E-state index contributed by atoms with van der Waals surface area (Å²) in [7, 11) is 0. The molecule has 0 aromatic carbocycles. The normalized spacial score (nSPS) is 12.2. The number of ether oxygens (including phenoxy) is 1. The lowest BCUT2D eigenvalue weighted by atomic mass is 10.1. The summed E-state index contributed by atoms with van der Waals surface area (Å²) in [6.07, 6.45) is 4.94. The van der Waals surface area contributed by atoms with Gasteiger partial charge in [0.05, 0.1) is 12.1 Å². The first-order chi connectivity index (χ1) is 9.56. The summed E-state index contributed by atoms with van der Waals surface area (Å²) >= 11 is 0. The average molecular weight is 274 g/mol. The quantitative estimate of drug-likeness (QED) is 0.929. The molecule has 2 aromatic rings. The van der Waals surface area contributed by atoms with Gasteiger partial charge in [-0.3, -0.25) is 0 Å². The zero-order chi connectivity index (χ0) is 14.5. The van der Waals surface area contributed by atoms with Crippen molar-refractivity contribution >= 4 is 6.03 Å². The molecule has 20 heavy (non-hydrogen) atoms. The van der Waals surface area contributed by atoms with E-state index in [2.05, 4.69) is 15.4 Å². The topological polar surface area (TPSA) is 69.0 Å². The van der Waals surface area contributed by atoms with Crippen LogP contribution in [0.5, 0.6) is 5.88 Å². The van der Waals surface area contributed by atoms with Crippen molar-refractivity contribution in [3.8, 4) is 5.88 Å². The van der Waals surface area contributed by atoms with Crippen LogP contribution in [0.2, 0.25) is 0 Å². The van der Waals surface area contributed by atoms with Gasteiger partial charge in [-0.1, -0.05) is 6.07 Å². The Labute approximate surface area is 117 Å². The lowest BCUT2D eigenvalue weighted by Crippen LogP contribution is -2.31. The van der Waals surface area contributed by atoms with Gasteiger partial charge in [-0.2, -0.15) is 9.78 Å². The molecule has 2 rings (SSSR count). The zero-order valence-electron chi connectivity index (χ0n) is 11.8. The number of carbonyl (C=O) groups excluding carboxylic acids is 1. The molecule has 1 N–H and O–H groups in total. The van der Waals surface area contributed by atoms with E-state index in [1.54, 1.807) is 30.7 Å². The van der Waals surface area contributed by atoms with E-state index >= 15 is 0 Å². The van der Waals surface area contributed by atoms with Crippen LogP contribution in [0.3, 0.4) is 0 Å². The highest BCUT2D eigenvalue weighted by Crippen LogP contribution is 2.15. The average Bonchev–Trinajstić information content (AvgIpc) is 2.92. The first kappa shape index (κ1) is 14.0. The van der Waals surface area contributed by atoms with E-state index in [4.69, 9.17) is 4.74 Å². The molecule has 0 aliphatic carbocycles. The Morgan fingerprint density at radius 1 is 1.35 bits per heavy atom. The molecule has 1 unspecified atom stereocenters. The van der Waals surface area contributed by atoms with Gasteiger partial charge in [0.15, 0.2) is 0 Å². The van der Waals surface area contributed by atoms with Crippen LogP contribution >= 0.6 is 0 Å². The Kier molecular flexibility index (Phi) is 4.34. The van der Waals surface area contributed by atoms with Crippen molar-refractivity contribution < 1.29 is 9.53 Å². The third-order valence-corrected chi connectivity index (χ3v) is 2.67. The van der Waals surface area contributed by atoms with Gasteiger partial charge < -0.3 is 10.1 Å². The molecule has 0 saturated carbocycles. The van der Waals surface area contributed by atoms with Crippen LogP contribution in [0.4, 0.5) is 4.79 Å². The molecular weight excluding hydrogens is 256 g/mol. The van der Waals surface area contributed by atoms with Gasteiger partial charge in [0.2, 0.25) is 5.88 Å². The summed E-state index contributed by atoms with van der Waals surface area (Å²) in [5.74, 6) is 0.578. The minimum atomic E-state index is -0.273. The number of hydrogen-bond acceptors (Lipinski definition) is 4. The summed E-state index contributed by atoms with van der Waals surface area (Å²) in [4.78, 5) is 16.1. The van der Waals surface area contributed by atoms with Crippen molar-refractivity contribution in [3.05, 3.63) is 42.4 Å². The lowest BCUT2D eigenvalue weighted by Gasteiger charge is -2.14. The van der Waals surface area contributed by atoms with Gasteiger partial charge in [-0.15, -0.1) is 0 Å². The van der Waals surface area contributed by atoms with E-state index in [-0.39, 0.29) is 18.2 Å². The number of rotatable bonds is 4. The molecule has 6 heteroatoms. The van der Waals surface area contributed by atoms with E-state index in [1.807, 2.05) is 26.8 Å². The Morgan fingerprint density at radius 3 is 2.70 bits per heavy atom. The number of hydrogen-bond donors (Lipinski definition) is 1. The molecule has 1 atom stereocenters. The minimum absolute atomic E-state index is 0.0882. The summed E-state index contributed by atoms with van der Waals surface area (Å²) in [6.45, 7) is 5.78. The second-order valence-electron chi connectivity index (χ2n) is 4.72. The zero-order valence-corrected chi connectivity index (χ0v) is 11.8. The molecule has 0 fully saturated rings. The number of nitrogens with one attached hydrogen (secondary N) is 1. The first-order valence-corrected chi connectivity index (χ1v) is 6.49. The van der Waals surface area contributed by atoms with Crippen molar-refractivity contribution in [3.63, 3.8) is 0 Å². The molecule has 0 aliphatic heterocycles. The molecule has 1 amide bonds. The van der Waals surface area contributed by atoms with Gasteiger partial charge in [0.25, 0.3) is 0 Å². The predicted molar refractivity (Wildman–Crippen MR) is 74.6 cm³/mol. The summed E-state index contributed by atoms with van der Waals surface area (Å²) in [5, 5.41) is 6.72. The second kappa shape index (κ2) is 6.18. The molecule has 0 radical (unpaired) electrons. The van der Waals surface area contributed by atoms with Gasteiger partial charge in [-0.05, 0) is 32.4 Å². The van der Waals surface area contributed by atoms with Crippen LogP contribution < -0.4 is 10.1 Å². The van der Waals surface area contributed by atoms with Crippen LogP contribution in [0.25, 0.3) is 0 Å². The Balaban J connectivity index is 1.98. The molecule has 6 nitrogen and oxygen atoms in total. The molecular formula is C14H18N4O2. The van der Waals surface area contributed by atoms with E-state index in [9.17, 15) is 4.79 Å². The van der Waals surface area contributed by atoms with Crippen LogP contribution in [0, 0.1) is 0 Å². The third kappa shape index (κ3) is 3.57. The fourth-order valence-corrected chi connectivity index (χ4v) is 1.68. The van der Waals surface area contributed by atoms with Crippen molar-refractivity contribution in [1.29, 1.82) is 0 Å². The largest absolute Gasteiger partial charge is 0.475 e. The number of carbonyl (C=O) groups is 1. The second-order valence-corrected chi connectivity index (χ2v) is 4.72. The molecule has 0 bridgehead atoms. The van der Waals surface area contributed by atoms with E-state index < -0.39 is 0 Å². The van der Waals surface area contributed by atoms with Crippen molar-refractivity contribution in [2.24, 2.45) is 0 Å². The fourth-order valence-electron chi connectivity index (χ4n) is 1.68. The maximum atomic E-state index is 11.8. The predicted octanol–water partition coefficient (Wildman–Crippen LogP) is 2.38. The van der Waals surface area contributed by atoms with Gasteiger partial charge in [0.1, 0.15) is 0 Å². The molecule has 106 valence electrons. The number of nitrogens with zero attached hydrogens (tertiary/aromatic N) is 3. The molecule has 0 saturated heterocycles. The van der Waals surface area contributed by atoms with Gasteiger partial charge in [0, 0.05) is 24.7 Å². The monoisotopic (exact) mass is 274 g/mol. The molecule has 2 aromatic heterocycles. The highest BCUT2D eigenvalue weighted by Gasteiger charge is 2.11. The van der Waals surface area contributed by atoms with E-state index in [1.165, 1.54) is 4.68 Å². The summed E-state index contributed by atoms with van der Waals surface area (Å²) in [5.41, 5.74) is 0.904. The Hall–Kier alpha value is -2.37. The lowest BCUT2D eigenvalue weighted by molar-refractivity contribution is 0.232. The summed E-state index contributed by atoms with van der Waals surface area (Å²) < 4.78 is 6.73. The van der Waals surface area contributed by atoms with Gasteiger partial charge >= 0.3 is 6.03 Å². The summed E-state index contributed by atoms with van der Waals surface area (Å²) in [6, 6.07) is 4.95. The SMILES string of the molecule is CC(C)Oc1ccc(C(C)NC(=O)n2cccn2)cn1. The van der Waals surface area contributed by atoms with E-state index in [0.717, 1.165) is 5.56 Å². The maximum Gasteiger partial charge on any atom is 0.342 e. The highest BCUT2D eigenvalue weighted by atomic mass is 16.5. The Bertz CT molecular complexity index is 549. The van der Waals surface area contributed by atoms with Gasteiger partial charge in [-0.25, -0.2) is 9.78 Å².